The Morgan fingerprint density at radius 3 is 2.38 bits per heavy atom. The van der Waals surface area contributed by atoms with Crippen molar-refractivity contribution in [1.29, 1.82) is 0 Å². The normalized spacial score (nSPS) is 12.4. The van der Waals surface area contributed by atoms with E-state index in [9.17, 15) is 4.39 Å². The van der Waals surface area contributed by atoms with Crippen LogP contribution in [0.3, 0.4) is 0 Å². The van der Waals surface area contributed by atoms with Gasteiger partial charge in [0.05, 0.1) is 0 Å². The lowest BCUT2D eigenvalue weighted by molar-refractivity contribution is 0.545. The zero-order valence-corrected chi connectivity index (χ0v) is 14.3. The van der Waals surface area contributed by atoms with Gasteiger partial charge in [0.25, 0.3) is 0 Å². The predicted molar refractivity (Wildman–Crippen MR) is 90.1 cm³/mol. The quantitative estimate of drug-likeness (QED) is 0.791. The summed E-state index contributed by atoms with van der Waals surface area (Å²) in [6, 6.07) is 11.6. The molecule has 1 unspecified atom stereocenters. The number of hydrogen-bond donors (Lipinski definition) is 1. The highest BCUT2D eigenvalue weighted by Gasteiger charge is 2.14. The molecule has 1 nitrogen and oxygen atoms in total. The molecule has 0 saturated heterocycles. The third kappa shape index (κ3) is 4.39. The van der Waals surface area contributed by atoms with Gasteiger partial charge in [0.1, 0.15) is 5.82 Å². The molecule has 0 saturated carbocycles. The van der Waals surface area contributed by atoms with E-state index in [0.717, 1.165) is 23.0 Å². The molecule has 3 heteroatoms. The first-order valence-electron chi connectivity index (χ1n) is 7.25. The zero-order chi connectivity index (χ0) is 15.4. The molecule has 1 atom stereocenters. The summed E-state index contributed by atoms with van der Waals surface area (Å²) in [5.41, 5.74) is 4.75. The fourth-order valence-corrected chi connectivity index (χ4v) is 3.09. The van der Waals surface area contributed by atoms with Gasteiger partial charge in [0.2, 0.25) is 0 Å². The number of halogens is 2. The second kappa shape index (κ2) is 7.19. The van der Waals surface area contributed by atoms with Crippen LogP contribution >= 0.6 is 15.9 Å². The molecular weight excluding hydrogens is 329 g/mol. The van der Waals surface area contributed by atoms with E-state index < -0.39 is 0 Å². The molecule has 0 aliphatic rings. The first-order valence-corrected chi connectivity index (χ1v) is 8.04. The molecule has 0 amide bonds. The van der Waals surface area contributed by atoms with Gasteiger partial charge in [-0.3, -0.25) is 0 Å². The van der Waals surface area contributed by atoms with E-state index >= 15 is 0 Å². The second-order valence-corrected chi connectivity index (χ2v) is 6.33. The van der Waals surface area contributed by atoms with Crippen LogP contribution in [0.25, 0.3) is 0 Å². The summed E-state index contributed by atoms with van der Waals surface area (Å²) < 4.78 is 14.4. The summed E-state index contributed by atoms with van der Waals surface area (Å²) in [5, 5.41) is 3.51. The second-order valence-electron chi connectivity index (χ2n) is 5.47. The van der Waals surface area contributed by atoms with Gasteiger partial charge < -0.3 is 5.32 Å². The van der Waals surface area contributed by atoms with Crippen LogP contribution in [0.2, 0.25) is 0 Å². The summed E-state index contributed by atoms with van der Waals surface area (Å²) in [7, 11) is 0. The van der Waals surface area contributed by atoms with Gasteiger partial charge in [0, 0.05) is 10.5 Å². The zero-order valence-electron chi connectivity index (χ0n) is 12.7. The van der Waals surface area contributed by atoms with E-state index in [1.165, 1.54) is 22.8 Å². The molecule has 2 aromatic carbocycles. The number of rotatable bonds is 5. The van der Waals surface area contributed by atoms with Crippen LogP contribution in [-0.2, 0) is 6.42 Å². The molecule has 1 N–H and O–H groups in total. The largest absolute Gasteiger partial charge is 0.310 e. The first kappa shape index (κ1) is 16.2. The van der Waals surface area contributed by atoms with Crippen molar-refractivity contribution >= 4 is 15.9 Å². The Labute approximate surface area is 134 Å². The minimum Gasteiger partial charge on any atom is -0.310 e. The number of nitrogens with one attached hydrogen (secondary N) is 1. The molecule has 0 aromatic heterocycles. The molecular formula is C18H21BrFN. The van der Waals surface area contributed by atoms with Crippen LogP contribution in [0.15, 0.2) is 40.9 Å². The number of benzene rings is 2. The average molecular weight is 350 g/mol. The Morgan fingerprint density at radius 1 is 1.10 bits per heavy atom. The number of hydrogen-bond acceptors (Lipinski definition) is 1. The lowest BCUT2D eigenvalue weighted by Crippen LogP contribution is -2.23. The monoisotopic (exact) mass is 349 g/mol. The van der Waals surface area contributed by atoms with Gasteiger partial charge in [0.15, 0.2) is 0 Å². The van der Waals surface area contributed by atoms with E-state index in [2.05, 4.69) is 60.2 Å². The van der Waals surface area contributed by atoms with Crippen molar-refractivity contribution in [3.63, 3.8) is 0 Å². The minimum absolute atomic E-state index is 0.187. The molecule has 0 heterocycles. The lowest BCUT2D eigenvalue weighted by Gasteiger charge is -2.20. The Hall–Kier alpha value is -1.19. The molecule has 0 spiro atoms. The summed E-state index contributed by atoms with van der Waals surface area (Å²) in [5.74, 6) is -0.191. The summed E-state index contributed by atoms with van der Waals surface area (Å²) in [6.45, 7) is 7.19. The van der Waals surface area contributed by atoms with Crippen molar-refractivity contribution in [3.8, 4) is 0 Å². The van der Waals surface area contributed by atoms with Gasteiger partial charge in [-0.25, -0.2) is 4.39 Å². The molecule has 0 bridgehead atoms. The summed E-state index contributed by atoms with van der Waals surface area (Å²) in [4.78, 5) is 0. The highest BCUT2D eigenvalue weighted by Crippen LogP contribution is 2.26. The molecule has 112 valence electrons. The van der Waals surface area contributed by atoms with Crippen LogP contribution in [0, 0.1) is 19.7 Å². The minimum atomic E-state index is -0.191. The van der Waals surface area contributed by atoms with E-state index in [1.54, 1.807) is 12.1 Å². The van der Waals surface area contributed by atoms with Crippen LogP contribution in [0.4, 0.5) is 4.39 Å². The highest BCUT2D eigenvalue weighted by atomic mass is 79.9. The molecule has 0 aliphatic heterocycles. The summed E-state index contributed by atoms with van der Waals surface area (Å²) in [6.07, 6.45) is 0.759. The molecule has 2 rings (SSSR count). The van der Waals surface area contributed by atoms with Crippen molar-refractivity contribution in [3.05, 3.63) is 68.9 Å². The van der Waals surface area contributed by atoms with Crippen LogP contribution in [0.1, 0.15) is 35.2 Å². The maximum Gasteiger partial charge on any atom is 0.123 e. The Balaban J connectivity index is 2.32. The third-order valence-corrected chi connectivity index (χ3v) is 4.30. The van der Waals surface area contributed by atoms with Gasteiger partial charge in [-0.2, -0.15) is 0 Å². The average Bonchev–Trinajstić information content (AvgIpc) is 2.41. The van der Waals surface area contributed by atoms with Crippen molar-refractivity contribution in [1.82, 2.24) is 5.32 Å². The van der Waals surface area contributed by atoms with Crippen molar-refractivity contribution in [2.24, 2.45) is 0 Å². The topological polar surface area (TPSA) is 12.0 Å². The predicted octanol–water partition coefficient (Wildman–Crippen LogP) is 5.10. The number of likely N-dealkylation sites (N-methyl/N-ethyl adjacent to an activating group) is 1. The van der Waals surface area contributed by atoms with E-state index in [0.29, 0.717) is 0 Å². The van der Waals surface area contributed by atoms with Crippen LogP contribution < -0.4 is 5.32 Å². The van der Waals surface area contributed by atoms with Gasteiger partial charge >= 0.3 is 0 Å². The van der Waals surface area contributed by atoms with Crippen molar-refractivity contribution < 1.29 is 4.39 Å². The fraction of sp³-hybridized carbons (Fsp3) is 0.333. The van der Waals surface area contributed by atoms with Crippen molar-refractivity contribution in [2.75, 3.05) is 6.54 Å². The standard InChI is InChI=1S/C18H21BrFN/c1-4-21-18(15-8-12(2)7-13(3)9-15)11-14-10-16(20)5-6-17(14)19/h5-10,18,21H,4,11H2,1-3H3. The lowest BCUT2D eigenvalue weighted by atomic mass is 9.96. The smallest absolute Gasteiger partial charge is 0.123 e. The Kier molecular flexibility index (Phi) is 5.54. The maximum absolute atomic E-state index is 13.5. The Bertz CT molecular complexity index is 604. The van der Waals surface area contributed by atoms with E-state index in [4.69, 9.17) is 0 Å². The van der Waals surface area contributed by atoms with Crippen LogP contribution in [0.5, 0.6) is 0 Å². The third-order valence-electron chi connectivity index (χ3n) is 3.53. The molecule has 0 aliphatic carbocycles. The molecule has 21 heavy (non-hydrogen) atoms. The van der Waals surface area contributed by atoms with Crippen LogP contribution in [-0.4, -0.2) is 6.54 Å². The van der Waals surface area contributed by atoms with Crippen molar-refractivity contribution in [2.45, 2.75) is 33.2 Å². The first-order chi connectivity index (χ1) is 9.99. The molecule has 2 aromatic rings. The van der Waals surface area contributed by atoms with Gasteiger partial charge in [-0.1, -0.05) is 52.2 Å². The number of aryl methyl sites for hydroxylation is 2. The summed E-state index contributed by atoms with van der Waals surface area (Å²) >= 11 is 3.52. The van der Waals surface area contributed by atoms with Gasteiger partial charge in [-0.05, 0) is 56.1 Å². The molecule has 0 radical (unpaired) electrons. The fourth-order valence-electron chi connectivity index (χ4n) is 2.69. The molecule has 0 fully saturated rings. The SMILES string of the molecule is CCNC(Cc1cc(F)ccc1Br)c1cc(C)cc(C)c1. The maximum atomic E-state index is 13.5. The Morgan fingerprint density at radius 2 is 1.76 bits per heavy atom. The van der Waals surface area contributed by atoms with E-state index in [-0.39, 0.29) is 11.9 Å². The van der Waals surface area contributed by atoms with E-state index in [1.807, 2.05) is 0 Å². The highest BCUT2D eigenvalue weighted by molar-refractivity contribution is 9.10. The van der Waals surface area contributed by atoms with Gasteiger partial charge in [-0.15, -0.1) is 0 Å².